The number of aromatic nitrogens is 2. The zero-order valence-electron chi connectivity index (χ0n) is 10.8. The number of imidazole rings is 1. The normalized spacial score (nSPS) is 11.9. The van der Waals surface area contributed by atoms with Crippen molar-refractivity contribution in [1.82, 2.24) is 4.98 Å². The molecule has 7 heteroatoms. The van der Waals surface area contributed by atoms with E-state index in [1.165, 1.54) is 16.7 Å². The summed E-state index contributed by atoms with van der Waals surface area (Å²) in [5.41, 5.74) is 1.94. The first-order valence-electron chi connectivity index (χ1n) is 6.17. The fourth-order valence-electron chi connectivity index (χ4n) is 2.24. The molecule has 21 heavy (non-hydrogen) atoms. The summed E-state index contributed by atoms with van der Waals surface area (Å²) in [6.45, 7) is 0.194. The van der Waals surface area contributed by atoms with Crippen molar-refractivity contribution in [3.8, 4) is 0 Å². The van der Waals surface area contributed by atoms with Gasteiger partial charge in [0, 0.05) is 0 Å². The minimum Gasteiger partial charge on any atom is -0.276 e. The lowest BCUT2D eigenvalue weighted by Crippen LogP contribution is -2.39. The third kappa shape index (κ3) is 2.65. The first-order valence-corrected chi connectivity index (χ1v) is 7.61. The second-order valence-corrected chi connectivity index (χ2v) is 5.97. The lowest BCUT2D eigenvalue weighted by Gasteiger charge is -2.01. The van der Waals surface area contributed by atoms with E-state index in [1.807, 2.05) is 0 Å². The molecule has 0 aliphatic carbocycles. The van der Waals surface area contributed by atoms with Crippen LogP contribution in [0.5, 0.6) is 0 Å². The molecule has 0 aliphatic heterocycles. The maximum Gasteiger partial charge on any atom is 0.401 e. The summed E-state index contributed by atoms with van der Waals surface area (Å²) in [7, 11) is -4.39. The van der Waals surface area contributed by atoms with Gasteiger partial charge in [-0.1, -0.05) is 24.3 Å². The van der Waals surface area contributed by atoms with E-state index in [2.05, 4.69) is 4.98 Å². The van der Waals surface area contributed by atoms with E-state index in [4.69, 9.17) is 0 Å². The molecule has 3 rings (SSSR count). The van der Waals surface area contributed by atoms with Crippen LogP contribution in [0.15, 0.2) is 53.7 Å². The Kier molecular flexibility index (Phi) is 3.23. The van der Waals surface area contributed by atoms with E-state index in [0.29, 0.717) is 11.0 Å². The second kappa shape index (κ2) is 4.94. The number of hydrogen-bond donors (Lipinski definition) is 2. The van der Waals surface area contributed by atoms with Crippen LogP contribution in [-0.4, -0.2) is 18.0 Å². The van der Waals surface area contributed by atoms with Crippen LogP contribution in [-0.2, 0) is 16.7 Å². The largest absolute Gasteiger partial charge is 0.401 e. The molecular weight excluding hydrogens is 295 g/mol. The molecule has 0 spiro atoms. The molecule has 0 amide bonds. The topological polar surface area (TPSA) is 74.0 Å². The average molecular weight is 307 g/mol. The van der Waals surface area contributed by atoms with E-state index in [0.717, 1.165) is 5.56 Å². The summed E-state index contributed by atoms with van der Waals surface area (Å²) < 4.78 is 46.8. The number of rotatable bonds is 3. The van der Waals surface area contributed by atoms with Gasteiger partial charge in [-0.2, -0.15) is 8.42 Å². The van der Waals surface area contributed by atoms with Crippen molar-refractivity contribution in [2.24, 2.45) is 0 Å². The van der Waals surface area contributed by atoms with E-state index in [9.17, 15) is 17.4 Å². The van der Waals surface area contributed by atoms with E-state index >= 15 is 0 Å². The molecule has 108 valence electrons. The predicted molar refractivity (Wildman–Crippen MR) is 73.8 cm³/mol. The molecule has 3 aromatic rings. The molecule has 5 nitrogen and oxygen atoms in total. The van der Waals surface area contributed by atoms with E-state index in [-0.39, 0.29) is 17.5 Å². The number of hydrogen-bond acceptors (Lipinski definition) is 2. The Labute approximate surface area is 120 Å². The fraction of sp³-hybridized carbons (Fsp3) is 0.0714. The third-order valence-corrected chi connectivity index (χ3v) is 3.99. The molecule has 2 aromatic carbocycles. The summed E-state index contributed by atoms with van der Waals surface area (Å²) in [5, 5.41) is -0.298. The smallest absolute Gasteiger partial charge is 0.276 e. The van der Waals surface area contributed by atoms with Crippen LogP contribution in [0.4, 0.5) is 4.39 Å². The number of fused-ring (bicyclic) bond motifs is 1. The van der Waals surface area contributed by atoms with Crippen molar-refractivity contribution < 1.29 is 21.9 Å². The van der Waals surface area contributed by atoms with Gasteiger partial charge in [-0.15, -0.1) is 0 Å². The molecule has 1 aromatic heterocycles. The Morgan fingerprint density at radius 2 is 1.76 bits per heavy atom. The molecule has 0 fully saturated rings. The highest BCUT2D eigenvalue weighted by atomic mass is 32.2. The zero-order chi connectivity index (χ0) is 15.0. The standard InChI is InChI=1S/C14H11FN2O3S/c15-11-7-5-10(6-8-11)9-17-13-4-2-1-3-12(13)16-14(17)21(18,19)20/h1-8H,9H2,(H,18,19,20)/p+1. The van der Waals surface area contributed by atoms with Gasteiger partial charge in [0.05, 0.1) is 0 Å². The van der Waals surface area contributed by atoms with Gasteiger partial charge in [0.2, 0.25) is 0 Å². The van der Waals surface area contributed by atoms with Gasteiger partial charge >= 0.3 is 15.3 Å². The number of nitrogens with zero attached hydrogens (tertiary/aromatic N) is 1. The van der Waals surface area contributed by atoms with Crippen molar-refractivity contribution in [3.05, 3.63) is 59.9 Å². The van der Waals surface area contributed by atoms with Gasteiger partial charge in [-0.25, -0.2) is 13.9 Å². The van der Waals surface area contributed by atoms with Crippen molar-refractivity contribution in [3.63, 3.8) is 0 Å². The summed E-state index contributed by atoms with van der Waals surface area (Å²) in [6, 6.07) is 12.7. The van der Waals surface area contributed by atoms with Crippen LogP contribution in [0.2, 0.25) is 0 Å². The Morgan fingerprint density at radius 1 is 1.10 bits per heavy atom. The molecule has 2 N–H and O–H groups in total. The fourth-order valence-corrected chi connectivity index (χ4v) is 2.92. The zero-order valence-corrected chi connectivity index (χ0v) is 11.6. The number of para-hydroxylation sites is 2. The summed E-state index contributed by atoms with van der Waals surface area (Å²) >= 11 is 0. The van der Waals surface area contributed by atoms with Crippen molar-refractivity contribution in [2.75, 3.05) is 0 Å². The number of aromatic amines is 1. The number of H-pyrrole nitrogens is 1. The van der Waals surface area contributed by atoms with E-state index < -0.39 is 10.1 Å². The Morgan fingerprint density at radius 3 is 2.43 bits per heavy atom. The third-order valence-electron chi connectivity index (χ3n) is 3.18. The molecule has 0 radical (unpaired) electrons. The van der Waals surface area contributed by atoms with Crippen molar-refractivity contribution >= 4 is 21.2 Å². The van der Waals surface area contributed by atoms with Gasteiger partial charge in [0.1, 0.15) is 12.4 Å². The molecule has 0 aliphatic rings. The minimum atomic E-state index is -4.39. The summed E-state index contributed by atoms with van der Waals surface area (Å²) in [5.74, 6) is -0.363. The van der Waals surface area contributed by atoms with Crippen LogP contribution in [0.25, 0.3) is 11.0 Å². The first kappa shape index (κ1) is 13.7. The van der Waals surface area contributed by atoms with Crippen molar-refractivity contribution in [2.45, 2.75) is 11.7 Å². The lowest BCUT2D eigenvalue weighted by atomic mass is 10.2. The van der Waals surface area contributed by atoms with Crippen LogP contribution in [0.3, 0.4) is 0 Å². The van der Waals surface area contributed by atoms with Crippen LogP contribution >= 0.6 is 0 Å². The average Bonchev–Trinajstić information content (AvgIpc) is 2.81. The summed E-state index contributed by atoms with van der Waals surface area (Å²) in [4.78, 5) is 2.69. The van der Waals surface area contributed by atoms with Gasteiger partial charge in [-0.05, 0) is 29.8 Å². The van der Waals surface area contributed by atoms with Gasteiger partial charge in [0.15, 0.2) is 11.0 Å². The molecule has 0 unspecified atom stereocenters. The number of benzene rings is 2. The van der Waals surface area contributed by atoms with Crippen LogP contribution in [0, 0.1) is 5.82 Å². The number of halogens is 1. The van der Waals surface area contributed by atoms with E-state index in [1.54, 1.807) is 36.4 Å². The molecular formula is C14H12FN2O3S+. The van der Waals surface area contributed by atoms with Gasteiger partial charge < -0.3 is 0 Å². The quantitative estimate of drug-likeness (QED) is 0.573. The van der Waals surface area contributed by atoms with Crippen molar-refractivity contribution in [1.29, 1.82) is 0 Å². The monoisotopic (exact) mass is 307 g/mol. The van der Waals surface area contributed by atoms with Gasteiger partial charge in [-0.3, -0.25) is 4.55 Å². The maximum absolute atomic E-state index is 12.9. The Bertz CT molecular complexity index is 902. The highest BCUT2D eigenvalue weighted by Crippen LogP contribution is 2.13. The molecule has 1 heterocycles. The Balaban J connectivity index is 2.17. The highest BCUT2D eigenvalue weighted by Gasteiger charge is 2.28. The molecule has 0 saturated carbocycles. The maximum atomic E-state index is 12.9. The SMILES string of the molecule is O=S(=O)(O)c1[nH]c2ccccc2[n+]1Cc1ccc(F)cc1. The molecule has 0 atom stereocenters. The number of nitrogens with one attached hydrogen (secondary N) is 1. The predicted octanol–water partition coefficient (Wildman–Crippen LogP) is 1.89. The molecule has 0 bridgehead atoms. The second-order valence-electron chi connectivity index (χ2n) is 4.63. The minimum absolute atomic E-state index is 0.194. The van der Waals surface area contributed by atoms with Crippen LogP contribution < -0.4 is 4.57 Å². The Hall–Kier alpha value is -2.25. The van der Waals surface area contributed by atoms with Gasteiger partial charge in [0.25, 0.3) is 0 Å². The molecule has 0 saturated heterocycles. The summed E-state index contributed by atoms with van der Waals surface area (Å²) in [6.07, 6.45) is 0. The lowest BCUT2D eigenvalue weighted by molar-refractivity contribution is -0.701. The highest BCUT2D eigenvalue weighted by molar-refractivity contribution is 7.85. The first-order chi connectivity index (χ1) is 9.95. The van der Waals surface area contributed by atoms with Crippen LogP contribution in [0.1, 0.15) is 5.56 Å².